The average Bonchev–Trinajstić information content (AvgIpc) is 3.00. The molecule has 1 aromatic heterocycles. The van der Waals surface area contributed by atoms with E-state index in [1.807, 2.05) is 6.07 Å². The lowest BCUT2D eigenvalue weighted by Gasteiger charge is -2.08. The van der Waals surface area contributed by atoms with Crippen molar-refractivity contribution in [3.8, 4) is 22.8 Å². The lowest BCUT2D eigenvalue weighted by molar-refractivity contribution is -0.137. The van der Waals surface area contributed by atoms with E-state index in [0.717, 1.165) is 17.7 Å². The van der Waals surface area contributed by atoms with Gasteiger partial charge in [-0.3, -0.25) is 0 Å². The van der Waals surface area contributed by atoms with E-state index in [4.69, 9.17) is 9.47 Å². The molecule has 4 rings (SSSR count). The molecule has 0 saturated carbocycles. The Morgan fingerprint density at radius 2 is 1.70 bits per heavy atom. The van der Waals surface area contributed by atoms with Crippen LogP contribution in [0.4, 0.5) is 13.2 Å². The highest BCUT2D eigenvalue weighted by Crippen LogP contribution is 2.36. The predicted molar refractivity (Wildman–Crippen MR) is 78.3 cm³/mol. The van der Waals surface area contributed by atoms with Crippen molar-refractivity contribution >= 4 is 10.9 Å². The highest BCUT2D eigenvalue weighted by atomic mass is 19.4. The van der Waals surface area contributed by atoms with Gasteiger partial charge in [-0.15, -0.1) is 0 Å². The fourth-order valence-corrected chi connectivity index (χ4v) is 2.52. The summed E-state index contributed by atoms with van der Waals surface area (Å²) in [5.74, 6) is 1.31. The Hall–Kier alpha value is -2.76. The van der Waals surface area contributed by atoms with Gasteiger partial charge < -0.3 is 9.47 Å². The lowest BCUT2D eigenvalue weighted by Crippen LogP contribution is -2.04. The smallest absolute Gasteiger partial charge is 0.416 e. The normalized spacial score (nSPS) is 13.5. The molecule has 0 unspecified atom stereocenters. The van der Waals surface area contributed by atoms with Gasteiger partial charge in [-0.05, 0) is 42.5 Å². The third-order valence-electron chi connectivity index (χ3n) is 3.68. The Bertz CT molecular complexity index is 906. The molecule has 2 heterocycles. The SMILES string of the molecule is FC(F)(F)c1ccc2nc(-c3ccc4c(c3)OCO4)ccc2c1. The summed E-state index contributed by atoms with van der Waals surface area (Å²) in [6.07, 6.45) is -4.36. The van der Waals surface area contributed by atoms with Gasteiger partial charge in [0, 0.05) is 10.9 Å². The van der Waals surface area contributed by atoms with Gasteiger partial charge in [-0.2, -0.15) is 13.2 Å². The number of aromatic nitrogens is 1. The molecule has 2 aromatic carbocycles. The van der Waals surface area contributed by atoms with Crippen molar-refractivity contribution in [2.75, 3.05) is 6.79 Å². The fraction of sp³-hybridized carbons (Fsp3) is 0.118. The summed E-state index contributed by atoms with van der Waals surface area (Å²) in [5, 5.41) is 0.448. The van der Waals surface area contributed by atoms with Gasteiger partial charge in [0.1, 0.15) is 0 Å². The Balaban J connectivity index is 1.77. The minimum absolute atomic E-state index is 0.185. The maximum Gasteiger partial charge on any atom is 0.416 e. The first-order chi connectivity index (χ1) is 11.0. The number of fused-ring (bicyclic) bond motifs is 2. The van der Waals surface area contributed by atoms with Gasteiger partial charge in [0.2, 0.25) is 6.79 Å². The third-order valence-corrected chi connectivity index (χ3v) is 3.68. The van der Waals surface area contributed by atoms with Gasteiger partial charge in [0.15, 0.2) is 11.5 Å². The first-order valence-electron chi connectivity index (χ1n) is 6.89. The average molecular weight is 317 g/mol. The molecule has 0 spiro atoms. The van der Waals surface area contributed by atoms with Crippen LogP contribution in [0.15, 0.2) is 48.5 Å². The summed E-state index contributed by atoms with van der Waals surface area (Å²) in [4.78, 5) is 4.43. The molecule has 0 N–H and O–H groups in total. The molecule has 1 aliphatic rings. The molecule has 0 bridgehead atoms. The van der Waals surface area contributed by atoms with Crippen molar-refractivity contribution in [2.45, 2.75) is 6.18 Å². The number of hydrogen-bond acceptors (Lipinski definition) is 3. The van der Waals surface area contributed by atoms with E-state index in [0.29, 0.717) is 28.1 Å². The molecule has 3 aromatic rings. The fourth-order valence-electron chi connectivity index (χ4n) is 2.52. The molecular formula is C17H10F3NO2. The quantitative estimate of drug-likeness (QED) is 0.655. The van der Waals surface area contributed by atoms with Gasteiger partial charge in [-0.1, -0.05) is 6.07 Å². The summed E-state index contributed by atoms with van der Waals surface area (Å²) in [7, 11) is 0. The summed E-state index contributed by atoms with van der Waals surface area (Å²) in [6.45, 7) is 0.185. The Kier molecular flexibility index (Phi) is 2.94. The van der Waals surface area contributed by atoms with E-state index in [2.05, 4.69) is 4.98 Å². The molecule has 1 aliphatic heterocycles. The van der Waals surface area contributed by atoms with E-state index in [1.54, 1.807) is 24.3 Å². The number of pyridine rings is 1. The predicted octanol–water partition coefficient (Wildman–Crippen LogP) is 4.65. The summed E-state index contributed by atoms with van der Waals surface area (Å²) in [6, 6.07) is 12.3. The Morgan fingerprint density at radius 3 is 2.52 bits per heavy atom. The first kappa shape index (κ1) is 13.9. The van der Waals surface area contributed by atoms with E-state index in [1.165, 1.54) is 6.07 Å². The van der Waals surface area contributed by atoms with Crippen LogP contribution in [0, 0.1) is 0 Å². The van der Waals surface area contributed by atoms with Crippen molar-refractivity contribution in [1.82, 2.24) is 4.98 Å². The molecule has 0 saturated heterocycles. The Labute approximate surface area is 129 Å². The molecule has 0 fully saturated rings. The number of halogens is 3. The molecule has 6 heteroatoms. The largest absolute Gasteiger partial charge is 0.454 e. The molecule has 116 valence electrons. The van der Waals surface area contributed by atoms with Gasteiger partial charge in [0.25, 0.3) is 0 Å². The van der Waals surface area contributed by atoms with Crippen molar-refractivity contribution in [3.63, 3.8) is 0 Å². The molecular weight excluding hydrogens is 307 g/mol. The van der Waals surface area contributed by atoms with Gasteiger partial charge in [-0.25, -0.2) is 4.98 Å². The maximum atomic E-state index is 12.7. The topological polar surface area (TPSA) is 31.4 Å². The molecule has 3 nitrogen and oxygen atoms in total. The van der Waals surface area contributed by atoms with Crippen molar-refractivity contribution in [2.24, 2.45) is 0 Å². The third kappa shape index (κ3) is 2.46. The van der Waals surface area contributed by atoms with E-state index >= 15 is 0 Å². The van der Waals surface area contributed by atoms with E-state index in [-0.39, 0.29) is 6.79 Å². The monoisotopic (exact) mass is 317 g/mol. The van der Waals surface area contributed by atoms with Crippen LogP contribution in [0.5, 0.6) is 11.5 Å². The number of ether oxygens (including phenoxy) is 2. The van der Waals surface area contributed by atoms with Crippen LogP contribution < -0.4 is 9.47 Å². The minimum Gasteiger partial charge on any atom is -0.454 e. The van der Waals surface area contributed by atoms with E-state index in [9.17, 15) is 13.2 Å². The van der Waals surface area contributed by atoms with Crippen molar-refractivity contribution in [3.05, 3.63) is 54.1 Å². The Morgan fingerprint density at radius 1 is 0.870 bits per heavy atom. The first-order valence-corrected chi connectivity index (χ1v) is 6.89. The second-order valence-corrected chi connectivity index (χ2v) is 5.17. The number of benzene rings is 2. The highest BCUT2D eigenvalue weighted by molar-refractivity contribution is 5.82. The summed E-state index contributed by atoms with van der Waals surface area (Å²) in [5.41, 5.74) is 1.31. The van der Waals surface area contributed by atoms with Crippen LogP contribution in [-0.4, -0.2) is 11.8 Å². The highest BCUT2D eigenvalue weighted by Gasteiger charge is 2.30. The summed E-state index contributed by atoms with van der Waals surface area (Å²) >= 11 is 0. The lowest BCUT2D eigenvalue weighted by atomic mass is 10.1. The molecule has 0 atom stereocenters. The molecule has 23 heavy (non-hydrogen) atoms. The zero-order valence-corrected chi connectivity index (χ0v) is 11.7. The maximum absolute atomic E-state index is 12.7. The van der Waals surface area contributed by atoms with Crippen LogP contribution in [0.3, 0.4) is 0 Å². The number of hydrogen-bond donors (Lipinski definition) is 0. The van der Waals surface area contributed by atoms with Crippen molar-refractivity contribution in [1.29, 1.82) is 0 Å². The van der Waals surface area contributed by atoms with E-state index < -0.39 is 11.7 Å². The van der Waals surface area contributed by atoms with Crippen LogP contribution >= 0.6 is 0 Å². The summed E-state index contributed by atoms with van der Waals surface area (Å²) < 4.78 is 48.8. The van der Waals surface area contributed by atoms with Crippen LogP contribution in [-0.2, 0) is 6.18 Å². The number of rotatable bonds is 1. The standard InChI is InChI=1S/C17H10F3NO2/c18-17(19,20)12-3-5-14-10(7-12)1-4-13(21-14)11-2-6-15-16(8-11)23-9-22-15/h1-8H,9H2. The van der Waals surface area contributed by atoms with Gasteiger partial charge in [0.05, 0.1) is 16.8 Å². The second kappa shape index (κ2) is 4.87. The van der Waals surface area contributed by atoms with Crippen LogP contribution in [0.1, 0.15) is 5.56 Å². The van der Waals surface area contributed by atoms with Crippen LogP contribution in [0.2, 0.25) is 0 Å². The zero-order chi connectivity index (χ0) is 16.0. The zero-order valence-electron chi connectivity index (χ0n) is 11.7. The molecule has 0 aliphatic carbocycles. The molecule has 0 amide bonds. The minimum atomic E-state index is -4.36. The second-order valence-electron chi connectivity index (χ2n) is 5.17. The van der Waals surface area contributed by atoms with Crippen molar-refractivity contribution < 1.29 is 22.6 Å². The van der Waals surface area contributed by atoms with Gasteiger partial charge >= 0.3 is 6.18 Å². The number of alkyl halides is 3. The molecule has 0 radical (unpaired) electrons. The number of nitrogens with zero attached hydrogens (tertiary/aromatic N) is 1. The van der Waals surface area contributed by atoms with Crippen LogP contribution in [0.25, 0.3) is 22.2 Å².